The van der Waals surface area contributed by atoms with Gasteiger partial charge in [0, 0.05) is 32.1 Å². The number of benzene rings is 1. The number of hydrogen-bond acceptors (Lipinski definition) is 6. The number of carbonyl (C=O) groups excluding carboxylic acids is 1. The molecule has 4 heterocycles. The molecule has 1 aromatic carbocycles. The van der Waals surface area contributed by atoms with Gasteiger partial charge in [0.2, 0.25) is 17.7 Å². The number of amides is 1. The maximum Gasteiger partial charge on any atom is 0.236 e. The zero-order valence-electron chi connectivity index (χ0n) is 20.1. The standard InChI is InChI=1S/C26H37N5O2/c1-20(2)24-27-28-25(33-24)22-16-26(19-31(22)18-23(32)30-12-6-7-13-30)10-14-29(15-11-26)17-21-8-4-3-5-9-21/h3-5,8-9,20,22H,6-7,10-19H2,1-2H3. The van der Waals surface area contributed by atoms with Gasteiger partial charge >= 0.3 is 0 Å². The fourth-order valence-corrected chi connectivity index (χ4v) is 5.80. The Morgan fingerprint density at radius 3 is 2.48 bits per heavy atom. The van der Waals surface area contributed by atoms with Crippen molar-refractivity contribution in [1.29, 1.82) is 0 Å². The number of hydrogen-bond donors (Lipinski definition) is 0. The highest BCUT2D eigenvalue weighted by atomic mass is 16.4. The summed E-state index contributed by atoms with van der Waals surface area (Å²) < 4.78 is 6.10. The van der Waals surface area contributed by atoms with Gasteiger partial charge in [-0.15, -0.1) is 10.2 Å². The van der Waals surface area contributed by atoms with Gasteiger partial charge in [0.05, 0.1) is 12.6 Å². The third-order valence-electron chi connectivity index (χ3n) is 7.80. The lowest BCUT2D eigenvalue weighted by atomic mass is 9.76. The first-order chi connectivity index (χ1) is 16.0. The molecule has 7 nitrogen and oxygen atoms in total. The number of nitrogens with zero attached hydrogens (tertiary/aromatic N) is 5. The van der Waals surface area contributed by atoms with Crippen molar-refractivity contribution in [2.24, 2.45) is 5.41 Å². The van der Waals surface area contributed by atoms with Crippen LogP contribution in [0.1, 0.15) is 75.3 Å². The van der Waals surface area contributed by atoms with E-state index in [2.05, 4.69) is 64.2 Å². The molecule has 7 heteroatoms. The SMILES string of the molecule is CC(C)c1nnc(C2CC3(CCN(Cc4ccccc4)CC3)CN2CC(=O)N2CCCC2)o1. The molecular weight excluding hydrogens is 414 g/mol. The van der Waals surface area contributed by atoms with Gasteiger partial charge < -0.3 is 9.32 Å². The summed E-state index contributed by atoms with van der Waals surface area (Å²) in [6.07, 6.45) is 5.54. The highest BCUT2D eigenvalue weighted by Crippen LogP contribution is 2.49. The Balaban J connectivity index is 1.29. The van der Waals surface area contributed by atoms with Gasteiger partial charge in [0.1, 0.15) is 0 Å². The lowest BCUT2D eigenvalue weighted by Gasteiger charge is -2.39. The van der Waals surface area contributed by atoms with Crippen LogP contribution in [-0.4, -0.2) is 70.1 Å². The minimum absolute atomic E-state index is 0.0391. The predicted octanol–water partition coefficient (Wildman–Crippen LogP) is 3.84. The molecule has 0 saturated carbocycles. The van der Waals surface area contributed by atoms with Crippen LogP contribution in [0.15, 0.2) is 34.7 Å². The van der Waals surface area contributed by atoms with E-state index >= 15 is 0 Å². The lowest BCUT2D eigenvalue weighted by Crippen LogP contribution is -2.43. The van der Waals surface area contributed by atoms with E-state index in [1.54, 1.807) is 0 Å². The average Bonchev–Trinajstić information content (AvgIpc) is 3.57. The Bertz CT molecular complexity index is 929. The van der Waals surface area contributed by atoms with Crippen LogP contribution in [0.3, 0.4) is 0 Å². The van der Waals surface area contributed by atoms with Crippen molar-refractivity contribution in [3.05, 3.63) is 47.7 Å². The Morgan fingerprint density at radius 1 is 1.09 bits per heavy atom. The molecule has 178 valence electrons. The molecule has 0 bridgehead atoms. The normalized spacial score (nSPS) is 23.7. The highest BCUT2D eigenvalue weighted by Gasteiger charge is 2.48. The second-order valence-electron chi connectivity index (χ2n) is 10.6. The Morgan fingerprint density at radius 2 is 1.82 bits per heavy atom. The van der Waals surface area contributed by atoms with Gasteiger partial charge in [0.25, 0.3) is 0 Å². The van der Waals surface area contributed by atoms with E-state index in [0.29, 0.717) is 18.3 Å². The molecule has 33 heavy (non-hydrogen) atoms. The van der Waals surface area contributed by atoms with Gasteiger partial charge in [-0.1, -0.05) is 44.2 Å². The van der Waals surface area contributed by atoms with Crippen LogP contribution in [0.5, 0.6) is 0 Å². The fourth-order valence-electron chi connectivity index (χ4n) is 5.80. The summed E-state index contributed by atoms with van der Waals surface area (Å²) in [4.78, 5) is 20.0. The first-order valence-electron chi connectivity index (χ1n) is 12.6. The predicted molar refractivity (Wildman–Crippen MR) is 127 cm³/mol. The van der Waals surface area contributed by atoms with Crippen LogP contribution in [-0.2, 0) is 11.3 Å². The molecule has 0 radical (unpaired) electrons. The molecule has 1 aromatic heterocycles. The Kier molecular flexibility index (Phi) is 6.52. The van der Waals surface area contributed by atoms with E-state index < -0.39 is 0 Å². The molecule has 0 N–H and O–H groups in total. The number of aromatic nitrogens is 2. The number of rotatable bonds is 6. The van der Waals surface area contributed by atoms with E-state index in [0.717, 1.165) is 71.4 Å². The minimum Gasteiger partial charge on any atom is -0.423 e. The monoisotopic (exact) mass is 451 g/mol. The van der Waals surface area contributed by atoms with Crippen LogP contribution in [0, 0.1) is 5.41 Å². The van der Waals surface area contributed by atoms with Gasteiger partial charge in [0.15, 0.2) is 0 Å². The quantitative estimate of drug-likeness (QED) is 0.665. The molecule has 3 aliphatic heterocycles. The molecule has 3 aliphatic rings. The second-order valence-corrected chi connectivity index (χ2v) is 10.6. The molecule has 1 amide bonds. The maximum atomic E-state index is 13.0. The van der Waals surface area contributed by atoms with E-state index in [1.807, 2.05) is 4.90 Å². The molecule has 0 aliphatic carbocycles. The Labute approximate surface area is 197 Å². The van der Waals surface area contributed by atoms with Crippen molar-refractivity contribution in [2.45, 2.75) is 64.5 Å². The van der Waals surface area contributed by atoms with Crippen LogP contribution < -0.4 is 0 Å². The third kappa shape index (κ3) is 4.99. The summed E-state index contributed by atoms with van der Waals surface area (Å²) in [7, 11) is 0. The van der Waals surface area contributed by atoms with E-state index in [9.17, 15) is 4.79 Å². The van der Waals surface area contributed by atoms with Gasteiger partial charge in [-0.2, -0.15) is 0 Å². The summed E-state index contributed by atoms with van der Waals surface area (Å²) in [6.45, 7) is 10.5. The minimum atomic E-state index is 0.0391. The zero-order chi connectivity index (χ0) is 22.8. The van der Waals surface area contributed by atoms with Crippen LogP contribution in [0.25, 0.3) is 0 Å². The molecule has 3 saturated heterocycles. The highest BCUT2D eigenvalue weighted by molar-refractivity contribution is 5.78. The van der Waals surface area contributed by atoms with Crippen LogP contribution in [0.2, 0.25) is 0 Å². The van der Waals surface area contributed by atoms with Crippen molar-refractivity contribution >= 4 is 5.91 Å². The maximum absolute atomic E-state index is 13.0. The van der Waals surface area contributed by atoms with Crippen molar-refractivity contribution in [2.75, 3.05) is 39.3 Å². The summed E-state index contributed by atoms with van der Waals surface area (Å²) in [5.41, 5.74) is 1.60. The second kappa shape index (κ2) is 9.55. The number of piperidine rings is 1. The number of carbonyl (C=O) groups is 1. The molecule has 1 spiro atoms. The van der Waals surface area contributed by atoms with E-state index in [-0.39, 0.29) is 23.3 Å². The Hall–Kier alpha value is -2.25. The molecule has 3 fully saturated rings. The summed E-state index contributed by atoms with van der Waals surface area (Å²) in [5, 5.41) is 8.73. The van der Waals surface area contributed by atoms with E-state index in [1.165, 1.54) is 5.56 Å². The first kappa shape index (κ1) is 22.5. The number of likely N-dealkylation sites (tertiary alicyclic amines) is 3. The largest absolute Gasteiger partial charge is 0.423 e. The molecule has 5 rings (SSSR count). The summed E-state index contributed by atoms with van der Waals surface area (Å²) in [5.74, 6) is 1.84. The molecule has 2 aromatic rings. The van der Waals surface area contributed by atoms with Gasteiger partial charge in [-0.25, -0.2) is 0 Å². The summed E-state index contributed by atoms with van der Waals surface area (Å²) in [6, 6.07) is 10.8. The van der Waals surface area contributed by atoms with Crippen molar-refractivity contribution in [3.63, 3.8) is 0 Å². The van der Waals surface area contributed by atoms with Crippen molar-refractivity contribution in [3.8, 4) is 0 Å². The molecule has 1 atom stereocenters. The van der Waals surface area contributed by atoms with Crippen LogP contribution in [0.4, 0.5) is 0 Å². The summed E-state index contributed by atoms with van der Waals surface area (Å²) >= 11 is 0. The third-order valence-corrected chi connectivity index (χ3v) is 7.80. The van der Waals surface area contributed by atoms with Crippen molar-refractivity contribution in [1.82, 2.24) is 24.9 Å². The molecule has 1 unspecified atom stereocenters. The first-order valence-corrected chi connectivity index (χ1v) is 12.6. The van der Waals surface area contributed by atoms with Crippen LogP contribution >= 0.6 is 0 Å². The van der Waals surface area contributed by atoms with Gasteiger partial charge in [-0.3, -0.25) is 14.6 Å². The molecular formula is C26H37N5O2. The van der Waals surface area contributed by atoms with Gasteiger partial charge in [-0.05, 0) is 56.2 Å². The zero-order valence-corrected chi connectivity index (χ0v) is 20.1. The van der Waals surface area contributed by atoms with E-state index in [4.69, 9.17) is 4.42 Å². The fraction of sp³-hybridized carbons (Fsp3) is 0.654. The topological polar surface area (TPSA) is 65.7 Å². The lowest BCUT2D eigenvalue weighted by molar-refractivity contribution is -0.131. The average molecular weight is 452 g/mol. The smallest absolute Gasteiger partial charge is 0.236 e. The van der Waals surface area contributed by atoms with Crippen molar-refractivity contribution < 1.29 is 9.21 Å².